The number of unbranched alkanes of at least 4 members (excludes halogenated alkanes) is 1. The van der Waals surface area contributed by atoms with Gasteiger partial charge in [-0.2, -0.15) is 11.8 Å². The molecule has 0 atom stereocenters. The van der Waals surface area contributed by atoms with Crippen molar-refractivity contribution in [2.24, 2.45) is 0 Å². The average molecular weight is 254 g/mol. The first-order valence-electron chi connectivity index (χ1n) is 5.97. The fourth-order valence-corrected chi connectivity index (χ4v) is 2.12. The molecule has 0 aliphatic heterocycles. The first-order chi connectivity index (χ1) is 8.26. The molecule has 0 fully saturated rings. The van der Waals surface area contributed by atoms with Crippen molar-refractivity contribution >= 4 is 11.8 Å². The summed E-state index contributed by atoms with van der Waals surface area (Å²) in [6.07, 6.45) is 4.65. The van der Waals surface area contributed by atoms with E-state index < -0.39 is 0 Å². The minimum atomic E-state index is 0.817. The van der Waals surface area contributed by atoms with Crippen LogP contribution in [0.3, 0.4) is 0 Å². The number of methoxy groups -OCH3 is 1. The number of thioether (sulfide) groups is 1. The van der Waals surface area contributed by atoms with Crippen LogP contribution in [-0.2, 0) is 6.54 Å². The van der Waals surface area contributed by atoms with Crippen molar-refractivity contribution < 1.29 is 4.74 Å². The molecule has 0 aliphatic rings. The van der Waals surface area contributed by atoms with Gasteiger partial charge in [0.05, 0.1) is 12.8 Å². The molecular weight excluding hydrogens is 232 g/mol. The molecule has 1 aromatic heterocycles. The normalized spacial score (nSPS) is 10.5. The lowest BCUT2D eigenvalue weighted by Crippen LogP contribution is -2.16. The molecule has 0 saturated carbocycles. The van der Waals surface area contributed by atoms with Crippen LogP contribution in [0.25, 0.3) is 0 Å². The molecule has 0 aromatic carbocycles. The van der Waals surface area contributed by atoms with Gasteiger partial charge >= 0.3 is 0 Å². The van der Waals surface area contributed by atoms with Crippen molar-refractivity contribution in [1.29, 1.82) is 0 Å². The fraction of sp³-hybridized carbons (Fsp3) is 0.615. The molecule has 0 bridgehead atoms. The molecule has 0 unspecified atom stereocenters. The quantitative estimate of drug-likeness (QED) is 0.723. The van der Waals surface area contributed by atoms with E-state index in [4.69, 9.17) is 4.74 Å². The van der Waals surface area contributed by atoms with Crippen LogP contribution in [-0.4, -0.2) is 30.6 Å². The molecule has 0 saturated heterocycles. The highest BCUT2D eigenvalue weighted by Crippen LogP contribution is 2.12. The van der Waals surface area contributed by atoms with Crippen molar-refractivity contribution in [2.45, 2.75) is 26.3 Å². The molecule has 0 amide bonds. The van der Waals surface area contributed by atoms with Crippen molar-refractivity contribution in [3.63, 3.8) is 0 Å². The number of aryl methyl sites for hydroxylation is 1. The third-order valence-electron chi connectivity index (χ3n) is 2.47. The first kappa shape index (κ1) is 14.3. The van der Waals surface area contributed by atoms with Gasteiger partial charge in [-0.15, -0.1) is 0 Å². The van der Waals surface area contributed by atoms with Gasteiger partial charge in [0.2, 0.25) is 0 Å². The molecule has 4 heteroatoms. The number of ether oxygens (including phenoxy) is 1. The SMILES string of the molecule is COc1cc(C)nc(CNCCCCSC)c1. The number of pyridine rings is 1. The van der Waals surface area contributed by atoms with Crippen LogP contribution in [0.5, 0.6) is 5.75 Å². The Morgan fingerprint density at radius 1 is 1.35 bits per heavy atom. The summed E-state index contributed by atoms with van der Waals surface area (Å²) in [5.41, 5.74) is 2.05. The number of nitrogens with zero attached hydrogens (tertiary/aromatic N) is 1. The average Bonchev–Trinajstić information content (AvgIpc) is 2.33. The Kier molecular flexibility index (Phi) is 7.05. The fourth-order valence-electron chi connectivity index (χ4n) is 1.62. The topological polar surface area (TPSA) is 34.1 Å². The summed E-state index contributed by atoms with van der Waals surface area (Å²) in [5, 5.41) is 3.41. The number of hydrogen-bond donors (Lipinski definition) is 1. The van der Waals surface area contributed by atoms with Crippen LogP contribution < -0.4 is 10.1 Å². The molecule has 0 radical (unpaired) electrons. The van der Waals surface area contributed by atoms with Crippen LogP contribution >= 0.6 is 11.8 Å². The molecular formula is C13H22N2OS. The molecule has 96 valence electrons. The Hall–Kier alpha value is -0.740. The Morgan fingerprint density at radius 2 is 2.18 bits per heavy atom. The van der Waals surface area contributed by atoms with Gasteiger partial charge in [-0.3, -0.25) is 4.98 Å². The molecule has 0 spiro atoms. The van der Waals surface area contributed by atoms with Crippen molar-refractivity contribution in [3.8, 4) is 5.75 Å². The zero-order valence-corrected chi connectivity index (χ0v) is 11.8. The van der Waals surface area contributed by atoms with Crippen LogP contribution in [0, 0.1) is 6.92 Å². The summed E-state index contributed by atoms with van der Waals surface area (Å²) in [5.74, 6) is 2.13. The van der Waals surface area contributed by atoms with Gasteiger partial charge in [-0.1, -0.05) is 0 Å². The lowest BCUT2D eigenvalue weighted by Gasteiger charge is -2.07. The van der Waals surface area contributed by atoms with E-state index in [0.717, 1.165) is 30.2 Å². The van der Waals surface area contributed by atoms with Crippen LogP contribution in [0.15, 0.2) is 12.1 Å². The minimum absolute atomic E-state index is 0.817. The van der Waals surface area contributed by atoms with Crippen molar-refractivity contribution in [3.05, 3.63) is 23.5 Å². The number of nitrogens with one attached hydrogen (secondary N) is 1. The van der Waals surface area contributed by atoms with Gasteiger partial charge in [0.25, 0.3) is 0 Å². The molecule has 17 heavy (non-hydrogen) atoms. The van der Waals surface area contributed by atoms with Crippen molar-refractivity contribution in [2.75, 3.05) is 25.7 Å². The monoisotopic (exact) mass is 254 g/mol. The maximum atomic E-state index is 5.22. The summed E-state index contributed by atoms with van der Waals surface area (Å²) in [7, 11) is 1.69. The molecule has 1 N–H and O–H groups in total. The first-order valence-corrected chi connectivity index (χ1v) is 7.37. The number of rotatable bonds is 8. The predicted molar refractivity (Wildman–Crippen MR) is 74.8 cm³/mol. The molecule has 3 nitrogen and oxygen atoms in total. The minimum Gasteiger partial charge on any atom is -0.497 e. The van der Waals surface area contributed by atoms with Crippen LogP contribution in [0.4, 0.5) is 0 Å². The summed E-state index contributed by atoms with van der Waals surface area (Å²) < 4.78 is 5.22. The highest BCUT2D eigenvalue weighted by molar-refractivity contribution is 7.98. The van der Waals surface area contributed by atoms with Gasteiger partial charge in [-0.25, -0.2) is 0 Å². The van der Waals surface area contributed by atoms with Gasteiger partial charge in [0.1, 0.15) is 5.75 Å². The second-order valence-corrected chi connectivity index (χ2v) is 5.00. The summed E-state index contributed by atoms with van der Waals surface area (Å²) in [4.78, 5) is 4.47. The number of aromatic nitrogens is 1. The standard InChI is InChI=1S/C13H22N2OS/c1-11-8-13(16-2)9-12(15-11)10-14-6-4-5-7-17-3/h8-9,14H,4-7,10H2,1-3H3. The van der Waals surface area contributed by atoms with Gasteiger partial charge in [-0.05, 0) is 38.3 Å². The second-order valence-electron chi connectivity index (χ2n) is 4.02. The molecule has 1 heterocycles. The van der Waals surface area contributed by atoms with E-state index in [9.17, 15) is 0 Å². The van der Waals surface area contributed by atoms with Gasteiger partial charge in [0.15, 0.2) is 0 Å². The smallest absolute Gasteiger partial charge is 0.122 e. The Labute approximate surface area is 108 Å². The lowest BCUT2D eigenvalue weighted by atomic mass is 10.3. The predicted octanol–water partition coefficient (Wildman–Crippen LogP) is 2.63. The van der Waals surface area contributed by atoms with E-state index in [1.54, 1.807) is 7.11 Å². The van der Waals surface area contributed by atoms with E-state index in [1.165, 1.54) is 18.6 Å². The zero-order valence-electron chi connectivity index (χ0n) is 11.0. The van der Waals surface area contributed by atoms with E-state index in [-0.39, 0.29) is 0 Å². The molecule has 0 aliphatic carbocycles. The van der Waals surface area contributed by atoms with Crippen LogP contribution in [0.2, 0.25) is 0 Å². The van der Waals surface area contributed by atoms with E-state index in [0.29, 0.717) is 0 Å². The largest absolute Gasteiger partial charge is 0.497 e. The third-order valence-corrected chi connectivity index (χ3v) is 3.17. The van der Waals surface area contributed by atoms with E-state index >= 15 is 0 Å². The summed E-state index contributed by atoms with van der Waals surface area (Å²) in [6, 6.07) is 3.93. The molecule has 1 aromatic rings. The zero-order chi connectivity index (χ0) is 12.5. The highest BCUT2D eigenvalue weighted by atomic mass is 32.2. The lowest BCUT2D eigenvalue weighted by molar-refractivity contribution is 0.412. The van der Waals surface area contributed by atoms with Crippen molar-refractivity contribution in [1.82, 2.24) is 10.3 Å². The highest BCUT2D eigenvalue weighted by Gasteiger charge is 1.99. The number of hydrogen-bond acceptors (Lipinski definition) is 4. The van der Waals surface area contributed by atoms with E-state index in [1.807, 2.05) is 30.8 Å². The second kappa shape index (κ2) is 8.37. The van der Waals surface area contributed by atoms with Gasteiger partial charge < -0.3 is 10.1 Å². The summed E-state index contributed by atoms with van der Waals surface area (Å²) in [6.45, 7) is 3.86. The Balaban J connectivity index is 2.28. The van der Waals surface area contributed by atoms with E-state index in [2.05, 4.69) is 16.6 Å². The maximum absolute atomic E-state index is 5.22. The maximum Gasteiger partial charge on any atom is 0.122 e. The molecule has 1 rings (SSSR count). The Bertz CT molecular complexity index is 331. The van der Waals surface area contributed by atoms with Gasteiger partial charge in [0, 0.05) is 24.4 Å². The third kappa shape index (κ3) is 5.94. The Morgan fingerprint density at radius 3 is 2.88 bits per heavy atom. The summed E-state index contributed by atoms with van der Waals surface area (Å²) >= 11 is 1.91. The van der Waals surface area contributed by atoms with Crippen LogP contribution in [0.1, 0.15) is 24.2 Å².